The maximum Gasteiger partial charge on any atom is 0.355 e. The molecule has 5 nitrogen and oxygen atoms in total. The highest BCUT2D eigenvalue weighted by Crippen LogP contribution is 2.20. The Hall–Kier alpha value is -1.66. The van der Waals surface area contributed by atoms with Gasteiger partial charge in [0.2, 0.25) is 0 Å². The number of hydrogen-bond donors (Lipinski definition) is 1. The van der Waals surface area contributed by atoms with Crippen molar-refractivity contribution in [1.29, 1.82) is 0 Å². The van der Waals surface area contributed by atoms with E-state index in [2.05, 4.69) is 4.74 Å². The first-order valence-corrected chi connectivity index (χ1v) is 5.51. The quantitative estimate of drug-likeness (QED) is 0.635. The SMILES string of the molecule is COC(=O)c1cc2ccccc2n1S(=O)O. The van der Waals surface area contributed by atoms with E-state index in [1.807, 2.05) is 0 Å². The molecule has 0 aliphatic rings. The maximum absolute atomic E-state index is 11.4. The van der Waals surface area contributed by atoms with Crippen molar-refractivity contribution < 1.29 is 18.3 Å². The smallest absolute Gasteiger partial charge is 0.355 e. The van der Waals surface area contributed by atoms with Crippen molar-refractivity contribution in [3.05, 3.63) is 36.0 Å². The molecule has 2 rings (SSSR count). The second-order valence-electron chi connectivity index (χ2n) is 3.11. The zero-order valence-corrected chi connectivity index (χ0v) is 9.23. The summed E-state index contributed by atoms with van der Waals surface area (Å²) in [7, 11) is 1.23. The van der Waals surface area contributed by atoms with E-state index < -0.39 is 17.2 Å². The number of benzene rings is 1. The first kappa shape index (κ1) is 10.8. The minimum absolute atomic E-state index is 0.0598. The van der Waals surface area contributed by atoms with Crippen molar-refractivity contribution >= 4 is 28.1 Å². The van der Waals surface area contributed by atoms with Gasteiger partial charge in [-0.15, -0.1) is 0 Å². The molecule has 0 fully saturated rings. The number of para-hydroxylation sites is 1. The molecule has 0 radical (unpaired) electrons. The Morgan fingerprint density at radius 2 is 2.12 bits per heavy atom. The van der Waals surface area contributed by atoms with Crippen LogP contribution in [0.5, 0.6) is 0 Å². The molecular formula is C10H9NO4S. The van der Waals surface area contributed by atoms with Gasteiger partial charge in [-0.3, -0.25) is 4.55 Å². The van der Waals surface area contributed by atoms with Gasteiger partial charge in [0.05, 0.1) is 12.6 Å². The highest BCUT2D eigenvalue weighted by atomic mass is 32.2. The summed E-state index contributed by atoms with van der Waals surface area (Å²) < 4.78 is 25.9. The number of carbonyl (C=O) groups excluding carboxylic acids is 1. The molecule has 1 unspecified atom stereocenters. The van der Waals surface area contributed by atoms with Gasteiger partial charge < -0.3 is 4.74 Å². The molecule has 1 atom stereocenters. The molecule has 1 aromatic carbocycles. The zero-order valence-electron chi connectivity index (χ0n) is 8.41. The van der Waals surface area contributed by atoms with Crippen LogP contribution in [-0.4, -0.2) is 25.8 Å². The van der Waals surface area contributed by atoms with Crippen LogP contribution < -0.4 is 0 Å². The van der Waals surface area contributed by atoms with Crippen molar-refractivity contribution in [2.45, 2.75) is 0 Å². The van der Waals surface area contributed by atoms with E-state index >= 15 is 0 Å². The molecule has 84 valence electrons. The molecule has 0 saturated heterocycles. The molecule has 16 heavy (non-hydrogen) atoms. The van der Waals surface area contributed by atoms with Gasteiger partial charge in [0.1, 0.15) is 5.69 Å². The number of carbonyl (C=O) groups is 1. The molecule has 1 heterocycles. The first-order valence-electron chi connectivity index (χ1n) is 4.45. The topological polar surface area (TPSA) is 68.5 Å². The summed E-state index contributed by atoms with van der Waals surface area (Å²) in [5.41, 5.74) is 0.577. The second-order valence-corrected chi connectivity index (χ2v) is 3.93. The van der Waals surface area contributed by atoms with Gasteiger partial charge >= 0.3 is 5.97 Å². The van der Waals surface area contributed by atoms with Gasteiger partial charge in [0.25, 0.3) is 11.3 Å². The van der Waals surface area contributed by atoms with Gasteiger partial charge in [0.15, 0.2) is 0 Å². The summed E-state index contributed by atoms with van der Waals surface area (Å²) in [5, 5.41) is 0.713. The average Bonchev–Trinajstić information content (AvgIpc) is 2.67. The molecule has 6 heteroatoms. The molecule has 2 aromatic rings. The van der Waals surface area contributed by atoms with Crippen molar-refractivity contribution in [3.8, 4) is 0 Å². The van der Waals surface area contributed by atoms with Gasteiger partial charge in [-0.2, -0.15) is 0 Å². The average molecular weight is 239 g/mol. The molecule has 1 N–H and O–H groups in total. The van der Waals surface area contributed by atoms with Crippen LogP contribution in [0.3, 0.4) is 0 Å². The Bertz CT molecular complexity index is 575. The fourth-order valence-corrected chi connectivity index (χ4v) is 2.17. The Kier molecular flexibility index (Phi) is 2.76. The number of fused-ring (bicyclic) bond motifs is 1. The van der Waals surface area contributed by atoms with Crippen LogP contribution in [0.2, 0.25) is 0 Å². The minimum Gasteiger partial charge on any atom is -0.464 e. The van der Waals surface area contributed by atoms with E-state index in [1.54, 1.807) is 24.3 Å². The van der Waals surface area contributed by atoms with Crippen molar-refractivity contribution in [2.24, 2.45) is 0 Å². The summed E-state index contributed by atoms with van der Waals surface area (Å²) in [5.74, 6) is -0.640. The van der Waals surface area contributed by atoms with Crippen LogP contribution in [-0.2, 0) is 16.0 Å². The van der Waals surface area contributed by atoms with Crippen LogP contribution >= 0.6 is 0 Å². The van der Waals surface area contributed by atoms with Crippen LogP contribution in [0.15, 0.2) is 30.3 Å². The minimum atomic E-state index is -2.29. The fourth-order valence-electron chi connectivity index (χ4n) is 1.54. The van der Waals surface area contributed by atoms with Crippen molar-refractivity contribution in [3.63, 3.8) is 0 Å². The summed E-state index contributed by atoms with van der Waals surface area (Å²) in [4.78, 5) is 11.4. The van der Waals surface area contributed by atoms with Crippen LogP contribution in [0.25, 0.3) is 10.9 Å². The fraction of sp³-hybridized carbons (Fsp3) is 0.100. The highest BCUT2D eigenvalue weighted by molar-refractivity contribution is 7.77. The second kappa shape index (κ2) is 4.07. The van der Waals surface area contributed by atoms with E-state index in [4.69, 9.17) is 4.55 Å². The molecule has 0 amide bonds. The monoisotopic (exact) mass is 239 g/mol. The normalized spacial score (nSPS) is 12.6. The third kappa shape index (κ3) is 1.62. The Morgan fingerprint density at radius 3 is 2.75 bits per heavy atom. The van der Waals surface area contributed by atoms with E-state index in [9.17, 15) is 9.00 Å². The number of nitrogens with zero attached hydrogens (tertiary/aromatic N) is 1. The summed E-state index contributed by atoms with van der Waals surface area (Å²) in [6.07, 6.45) is 0. The van der Waals surface area contributed by atoms with E-state index in [0.717, 1.165) is 3.97 Å². The molecular weight excluding hydrogens is 230 g/mol. The number of ether oxygens (including phenoxy) is 1. The van der Waals surface area contributed by atoms with Gasteiger partial charge in [0, 0.05) is 5.39 Å². The van der Waals surface area contributed by atoms with Crippen molar-refractivity contribution in [2.75, 3.05) is 7.11 Å². The lowest BCUT2D eigenvalue weighted by Gasteiger charge is -2.03. The lowest BCUT2D eigenvalue weighted by atomic mass is 10.2. The van der Waals surface area contributed by atoms with Crippen LogP contribution in [0, 0.1) is 0 Å². The van der Waals surface area contributed by atoms with Gasteiger partial charge in [-0.25, -0.2) is 13.0 Å². The molecule has 0 saturated carbocycles. The third-order valence-corrected chi connectivity index (χ3v) is 2.92. The Labute approximate surface area is 94.1 Å². The van der Waals surface area contributed by atoms with E-state index in [0.29, 0.717) is 10.9 Å². The summed E-state index contributed by atoms with van der Waals surface area (Å²) in [6, 6.07) is 8.46. The number of methoxy groups -OCH3 is 1. The number of aromatic nitrogens is 1. The molecule has 0 bridgehead atoms. The molecule has 1 aromatic heterocycles. The summed E-state index contributed by atoms with van der Waals surface area (Å²) >= 11 is -2.29. The standard InChI is InChI=1S/C10H9NO4S/c1-15-10(12)9-6-7-4-2-3-5-8(7)11(9)16(13)14/h2-6H,1H3,(H,13,14). The molecule has 0 aliphatic carbocycles. The van der Waals surface area contributed by atoms with Crippen molar-refractivity contribution in [1.82, 2.24) is 3.97 Å². The molecule has 0 aliphatic heterocycles. The summed E-state index contributed by atoms with van der Waals surface area (Å²) in [6.45, 7) is 0. The van der Waals surface area contributed by atoms with Gasteiger partial charge in [-0.1, -0.05) is 18.2 Å². The third-order valence-electron chi connectivity index (χ3n) is 2.22. The lowest BCUT2D eigenvalue weighted by molar-refractivity contribution is 0.0593. The highest BCUT2D eigenvalue weighted by Gasteiger charge is 2.18. The number of hydrogen-bond acceptors (Lipinski definition) is 3. The zero-order chi connectivity index (χ0) is 11.7. The first-order chi connectivity index (χ1) is 7.65. The Morgan fingerprint density at radius 1 is 1.44 bits per heavy atom. The Balaban J connectivity index is 2.78. The number of esters is 1. The predicted molar refractivity (Wildman–Crippen MR) is 59.4 cm³/mol. The van der Waals surface area contributed by atoms with E-state index in [1.165, 1.54) is 13.2 Å². The molecule has 0 spiro atoms. The lowest BCUT2D eigenvalue weighted by Crippen LogP contribution is -2.12. The predicted octanol–water partition coefficient (Wildman–Crippen LogP) is 1.41. The van der Waals surface area contributed by atoms with Gasteiger partial charge in [-0.05, 0) is 12.1 Å². The van der Waals surface area contributed by atoms with E-state index in [-0.39, 0.29) is 5.69 Å². The van der Waals surface area contributed by atoms with Crippen LogP contribution in [0.4, 0.5) is 0 Å². The van der Waals surface area contributed by atoms with Crippen LogP contribution in [0.1, 0.15) is 10.5 Å². The largest absolute Gasteiger partial charge is 0.464 e. The maximum atomic E-state index is 11.4. The number of rotatable bonds is 2.